The fourth-order valence-electron chi connectivity index (χ4n) is 3.25. The van der Waals surface area contributed by atoms with Crippen LogP contribution in [-0.4, -0.2) is 30.1 Å². The lowest BCUT2D eigenvalue weighted by Gasteiger charge is -2.26. The zero-order valence-electron chi connectivity index (χ0n) is 9.26. The zero-order valence-corrected chi connectivity index (χ0v) is 9.26. The minimum Gasteiger partial charge on any atom is -0.447 e. The molecule has 4 nitrogen and oxygen atoms in total. The number of carbonyl (C=O) groups is 2. The molecular formula is C12H15NO3. The van der Waals surface area contributed by atoms with Crippen LogP contribution in [0.3, 0.4) is 0 Å². The third-order valence-corrected chi connectivity index (χ3v) is 4.16. The van der Waals surface area contributed by atoms with E-state index in [1.807, 2.05) is 0 Å². The van der Waals surface area contributed by atoms with Crippen molar-refractivity contribution >= 4 is 12.0 Å². The predicted molar refractivity (Wildman–Crippen MR) is 56.5 cm³/mol. The molecule has 1 saturated heterocycles. The summed E-state index contributed by atoms with van der Waals surface area (Å²) in [5.41, 5.74) is 0. The summed E-state index contributed by atoms with van der Waals surface area (Å²) in [5.74, 6) is 1.17. The van der Waals surface area contributed by atoms with Gasteiger partial charge in [-0.2, -0.15) is 0 Å². The summed E-state index contributed by atoms with van der Waals surface area (Å²) in [6.07, 6.45) is 4.94. The third-order valence-electron chi connectivity index (χ3n) is 4.16. The Bertz CT molecular complexity index is 376. The highest BCUT2D eigenvalue weighted by atomic mass is 16.6. The van der Waals surface area contributed by atoms with Crippen LogP contribution in [0.4, 0.5) is 4.79 Å². The van der Waals surface area contributed by atoms with Gasteiger partial charge in [0.05, 0.1) is 6.54 Å². The maximum absolute atomic E-state index is 12.2. The number of ether oxygens (including phenoxy) is 1. The van der Waals surface area contributed by atoms with Gasteiger partial charge in [-0.1, -0.05) is 19.1 Å². The molecule has 1 aliphatic heterocycles. The molecule has 3 aliphatic rings. The fraction of sp³-hybridized carbons (Fsp3) is 0.667. The largest absolute Gasteiger partial charge is 0.447 e. The summed E-state index contributed by atoms with van der Waals surface area (Å²) in [4.78, 5) is 24.9. The van der Waals surface area contributed by atoms with E-state index < -0.39 is 6.09 Å². The molecule has 0 N–H and O–H groups in total. The van der Waals surface area contributed by atoms with Crippen LogP contribution in [0.25, 0.3) is 0 Å². The van der Waals surface area contributed by atoms with Crippen molar-refractivity contribution in [3.05, 3.63) is 12.2 Å². The molecule has 0 aromatic carbocycles. The molecule has 1 heterocycles. The van der Waals surface area contributed by atoms with Crippen molar-refractivity contribution < 1.29 is 14.3 Å². The van der Waals surface area contributed by atoms with Gasteiger partial charge in [0.15, 0.2) is 0 Å². The molecule has 0 radical (unpaired) electrons. The van der Waals surface area contributed by atoms with Gasteiger partial charge in [0, 0.05) is 5.92 Å². The van der Waals surface area contributed by atoms with Crippen molar-refractivity contribution in [1.29, 1.82) is 0 Å². The first-order valence-corrected chi connectivity index (χ1v) is 5.85. The second kappa shape index (κ2) is 3.34. The molecule has 0 unspecified atom stereocenters. The summed E-state index contributed by atoms with van der Waals surface area (Å²) < 4.78 is 4.81. The molecule has 0 aromatic heterocycles. The second-order valence-electron chi connectivity index (χ2n) is 4.94. The smallest absolute Gasteiger partial charge is 0.416 e. The average molecular weight is 221 g/mol. The minimum absolute atomic E-state index is 0.0133. The number of hydrogen-bond donors (Lipinski definition) is 0. The molecule has 2 bridgehead atoms. The molecule has 1 saturated carbocycles. The molecular weight excluding hydrogens is 206 g/mol. The van der Waals surface area contributed by atoms with Gasteiger partial charge >= 0.3 is 6.09 Å². The van der Waals surface area contributed by atoms with Crippen molar-refractivity contribution in [3.8, 4) is 0 Å². The number of allylic oxidation sites excluding steroid dienone is 2. The molecule has 0 spiro atoms. The fourth-order valence-corrected chi connectivity index (χ4v) is 3.25. The summed E-state index contributed by atoms with van der Waals surface area (Å²) in [7, 11) is 0. The Kier molecular flexibility index (Phi) is 2.06. The van der Waals surface area contributed by atoms with Gasteiger partial charge in [-0.05, 0) is 24.2 Å². The molecule has 4 atom stereocenters. The third kappa shape index (κ3) is 1.22. The number of amides is 2. The van der Waals surface area contributed by atoms with E-state index in [4.69, 9.17) is 4.74 Å². The van der Waals surface area contributed by atoms with Crippen LogP contribution >= 0.6 is 0 Å². The van der Waals surface area contributed by atoms with Crippen LogP contribution in [0.15, 0.2) is 12.2 Å². The lowest BCUT2D eigenvalue weighted by atomic mass is 9.83. The van der Waals surface area contributed by atoms with E-state index >= 15 is 0 Å². The lowest BCUT2D eigenvalue weighted by Crippen LogP contribution is -2.40. The Morgan fingerprint density at radius 1 is 1.44 bits per heavy atom. The van der Waals surface area contributed by atoms with Crippen molar-refractivity contribution in [3.63, 3.8) is 0 Å². The Hall–Kier alpha value is -1.32. The average Bonchev–Trinajstić information content (AvgIpc) is 2.92. The van der Waals surface area contributed by atoms with E-state index in [2.05, 4.69) is 19.1 Å². The van der Waals surface area contributed by atoms with Crippen molar-refractivity contribution in [1.82, 2.24) is 4.90 Å². The quantitative estimate of drug-likeness (QED) is 0.629. The Balaban J connectivity index is 1.81. The van der Waals surface area contributed by atoms with Crippen molar-refractivity contribution in [2.24, 2.45) is 23.7 Å². The molecule has 86 valence electrons. The summed E-state index contributed by atoms with van der Waals surface area (Å²) in [5, 5.41) is 0. The first kappa shape index (κ1) is 9.87. The number of carbonyl (C=O) groups excluding carboxylic acids is 2. The molecule has 3 rings (SSSR count). The van der Waals surface area contributed by atoms with Gasteiger partial charge < -0.3 is 4.74 Å². The lowest BCUT2D eigenvalue weighted by molar-refractivity contribution is -0.134. The van der Waals surface area contributed by atoms with Gasteiger partial charge in [-0.25, -0.2) is 9.69 Å². The molecule has 2 amide bonds. The van der Waals surface area contributed by atoms with Crippen LogP contribution in [0.2, 0.25) is 0 Å². The van der Waals surface area contributed by atoms with E-state index in [-0.39, 0.29) is 11.8 Å². The van der Waals surface area contributed by atoms with Crippen LogP contribution in [0.1, 0.15) is 13.3 Å². The summed E-state index contributed by atoms with van der Waals surface area (Å²) >= 11 is 0. The zero-order chi connectivity index (χ0) is 11.3. The predicted octanol–water partition coefficient (Wildman–Crippen LogP) is 1.42. The standard InChI is InChI=1S/C12H15NO3/c1-7-8-2-3-9(6-8)10(7)11(14)13-4-5-16-12(13)15/h2-3,7-10H,4-6H2,1H3/t7-,8-,9+,10-/m1/s1. The van der Waals surface area contributed by atoms with Crippen LogP contribution in [0, 0.1) is 23.7 Å². The number of imide groups is 1. The Morgan fingerprint density at radius 3 is 2.75 bits per heavy atom. The Morgan fingerprint density at radius 2 is 2.19 bits per heavy atom. The van der Waals surface area contributed by atoms with Gasteiger partial charge in [0.1, 0.15) is 6.61 Å². The highest BCUT2D eigenvalue weighted by Gasteiger charge is 2.48. The van der Waals surface area contributed by atoms with Gasteiger partial charge in [-0.15, -0.1) is 0 Å². The topological polar surface area (TPSA) is 46.6 Å². The van der Waals surface area contributed by atoms with E-state index in [0.29, 0.717) is 30.9 Å². The second-order valence-corrected chi connectivity index (χ2v) is 4.94. The molecule has 2 fully saturated rings. The molecule has 4 heteroatoms. The van der Waals surface area contributed by atoms with Crippen molar-refractivity contribution in [2.75, 3.05) is 13.2 Å². The number of fused-ring (bicyclic) bond motifs is 2. The SMILES string of the molecule is C[C@H]1[C@@H](C(=O)N2CCOC2=O)[C@H]2C=C[C@@H]1C2. The van der Waals surface area contributed by atoms with Gasteiger partial charge in [0.2, 0.25) is 5.91 Å². The first-order valence-electron chi connectivity index (χ1n) is 5.85. The normalized spacial score (nSPS) is 40.6. The monoisotopic (exact) mass is 221 g/mol. The highest BCUT2D eigenvalue weighted by molar-refractivity contribution is 5.94. The van der Waals surface area contributed by atoms with E-state index in [1.54, 1.807) is 0 Å². The van der Waals surface area contributed by atoms with Gasteiger partial charge in [-0.3, -0.25) is 4.79 Å². The number of nitrogens with zero attached hydrogens (tertiary/aromatic N) is 1. The molecule has 0 aromatic rings. The molecule has 16 heavy (non-hydrogen) atoms. The van der Waals surface area contributed by atoms with Crippen LogP contribution in [-0.2, 0) is 9.53 Å². The maximum Gasteiger partial charge on any atom is 0.416 e. The minimum atomic E-state index is -0.469. The van der Waals surface area contributed by atoms with Crippen molar-refractivity contribution in [2.45, 2.75) is 13.3 Å². The number of rotatable bonds is 1. The van der Waals surface area contributed by atoms with E-state index in [1.165, 1.54) is 4.90 Å². The van der Waals surface area contributed by atoms with E-state index in [9.17, 15) is 9.59 Å². The van der Waals surface area contributed by atoms with E-state index in [0.717, 1.165) is 6.42 Å². The summed E-state index contributed by atoms with van der Waals surface area (Å²) in [6, 6.07) is 0. The molecule has 2 aliphatic carbocycles. The summed E-state index contributed by atoms with van der Waals surface area (Å²) in [6.45, 7) is 2.87. The highest BCUT2D eigenvalue weighted by Crippen LogP contribution is 2.48. The first-order chi connectivity index (χ1) is 7.68. The Labute approximate surface area is 94.2 Å². The number of hydrogen-bond acceptors (Lipinski definition) is 3. The van der Waals surface area contributed by atoms with Crippen LogP contribution < -0.4 is 0 Å². The van der Waals surface area contributed by atoms with Crippen LogP contribution in [0.5, 0.6) is 0 Å². The number of cyclic esters (lactones) is 1. The maximum atomic E-state index is 12.2. The van der Waals surface area contributed by atoms with Gasteiger partial charge in [0.25, 0.3) is 0 Å².